The van der Waals surface area contributed by atoms with Crippen LogP contribution in [-0.4, -0.2) is 66.1 Å². The molecular weight excluding hydrogens is 356 g/mol. The lowest BCUT2D eigenvalue weighted by Gasteiger charge is -2.39. The number of rotatable bonds is 2. The second-order valence-electron chi connectivity index (χ2n) is 7.14. The molecule has 0 aromatic rings. The highest BCUT2D eigenvalue weighted by Crippen LogP contribution is 2.45. The molecule has 0 spiro atoms. The maximum Gasteiger partial charge on any atom is 0.141 e. The zero-order valence-electron chi connectivity index (χ0n) is 15.5. The number of hydrogen-bond acceptors (Lipinski definition) is 10. The molecule has 0 aromatic heterocycles. The third-order valence-electron chi connectivity index (χ3n) is 5.52. The summed E-state index contributed by atoms with van der Waals surface area (Å²) in [5.41, 5.74) is 1.69. The van der Waals surface area contributed by atoms with Gasteiger partial charge in [-0.05, 0) is 36.1 Å². The van der Waals surface area contributed by atoms with Crippen LogP contribution in [0.15, 0.2) is 42.9 Å². The van der Waals surface area contributed by atoms with E-state index >= 15 is 0 Å². The van der Waals surface area contributed by atoms with Gasteiger partial charge in [0, 0.05) is 18.3 Å². The minimum Gasteiger partial charge on any atom is -0.411 e. The largest absolute Gasteiger partial charge is 0.411 e. The first-order valence-electron chi connectivity index (χ1n) is 8.28. The summed E-state index contributed by atoms with van der Waals surface area (Å²) in [6.45, 7) is 7.07. The van der Waals surface area contributed by atoms with Crippen LogP contribution in [0, 0.1) is 5.41 Å². The van der Waals surface area contributed by atoms with Crippen LogP contribution in [0.5, 0.6) is 0 Å². The first kappa shape index (κ1) is 20.6. The SMILES string of the molecule is CC1=C(C(C)(C)C2=C(C)C(=NO)C(O)C(=NO)C2)CC(=NO)C(O)C1=NO. The van der Waals surface area contributed by atoms with Gasteiger partial charge >= 0.3 is 0 Å². The number of aliphatic hydroxyl groups excluding tert-OH is 2. The number of oxime groups is 4. The normalized spacial score (nSPS) is 30.9. The van der Waals surface area contributed by atoms with Gasteiger partial charge in [-0.3, -0.25) is 0 Å². The monoisotopic (exact) mass is 380 g/mol. The lowest BCUT2D eigenvalue weighted by molar-refractivity contribution is 0.261. The van der Waals surface area contributed by atoms with Gasteiger partial charge in [-0.25, -0.2) is 0 Å². The van der Waals surface area contributed by atoms with Gasteiger partial charge in [0.15, 0.2) is 0 Å². The molecular formula is C17H24N4O6. The Morgan fingerprint density at radius 3 is 1.30 bits per heavy atom. The molecule has 6 N–H and O–H groups in total. The van der Waals surface area contributed by atoms with E-state index in [4.69, 9.17) is 0 Å². The average molecular weight is 380 g/mol. The molecule has 2 unspecified atom stereocenters. The molecule has 0 aromatic carbocycles. The first-order valence-corrected chi connectivity index (χ1v) is 8.28. The van der Waals surface area contributed by atoms with Crippen LogP contribution in [0.1, 0.15) is 40.5 Å². The van der Waals surface area contributed by atoms with Crippen LogP contribution in [0.4, 0.5) is 0 Å². The van der Waals surface area contributed by atoms with E-state index in [2.05, 4.69) is 20.6 Å². The molecule has 10 nitrogen and oxygen atoms in total. The van der Waals surface area contributed by atoms with Gasteiger partial charge in [-0.15, -0.1) is 0 Å². The van der Waals surface area contributed by atoms with E-state index in [-0.39, 0.29) is 35.7 Å². The molecule has 2 atom stereocenters. The Balaban J connectivity index is 2.70. The zero-order chi connectivity index (χ0) is 20.5. The molecule has 2 rings (SSSR count). The maximum atomic E-state index is 10.2. The molecule has 10 heteroatoms. The predicted octanol–water partition coefficient (Wildman–Crippen LogP) is 1.50. The first-order chi connectivity index (χ1) is 12.6. The highest BCUT2D eigenvalue weighted by Gasteiger charge is 2.42. The molecule has 2 aliphatic rings. The van der Waals surface area contributed by atoms with E-state index < -0.39 is 17.6 Å². The van der Waals surface area contributed by atoms with Gasteiger partial charge in [-0.2, -0.15) is 0 Å². The van der Waals surface area contributed by atoms with Crippen molar-refractivity contribution in [1.29, 1.82) is 0 Å². The van der Waals surface area contributed by atoms with Crippen LogP contribution in [0.3, 0.4) is 0 Å². The fourth-order valence-corrected chi connectivity index (χ4v) is 3.86. The van der Waals surface area contributed by atoms with E-state index in [1.165, 1.54) is 0 Å². The number of nitrogens with zero attached hydrogens (tertiary/aromatic N) is 4. The lowest BCUT2D eigenvalue weighted by Crippen LogP contribution is -2.42. The average Bonchev–Trinajstić information content (AvgIpc) is 2.62. The molecule has 0 bridgehead atoms. The summed E-state index contributed by atoms with van der Waals surface area (Å²) < 4.78 is 0. The molecule has 0 heterocycles. The summed E-state index contributed by atoms with van der Waals surface area (Å²) in [6.07, 6.45) is -2.42. The number of allylic oxidation sites excluding steroid dienone is 2. The maximum absolute atomic E-state index is 10.2. The van der Waals surface area contributed by atoms with Crippen molar-refractivity contribution >= 4 is 22.8 Å². The van der Waals surface area contributed by atoms with Gasteiger partial charge in [0.05, 0.1) is 11.4 Å². The van der Waals surface area contributed by atoms with E-state index in [0.29, 0.717) is 22.3 Å². The summed E-state index contributed by atoms with van der Waals surface area (Å²) >= 11 is 0. The van der Waals surface area contributed by atoms with Gasteiger partial charge in [0.1, 0.15) is 23.6 Å². The van der Waals surface area contributed by atoms with Crippen molar-refractivity contribution in [2.75, 3.05) is 0 Å². The van der Waals surface area contributed by atoms with Crippen molar-refractivity contribution in [3.63, 3.8) is 0 Å². The molecule has 0 fully saturated rings. The van der Waals surface area contributed by atoms with E-state index in [1.807, 2.05) is 13.8 Å². The highest BCUT2D eigenvalue weighted by atomic mass is 16.4. The summed E-state index contributed by atoms with van der Waals surface area (Å²) in [5, 5.41) is 69.9. The summed E-state index contributed by atoms with van der Waals surface area (Å²) in [7, 11) is 0. The third kappa shape index (κ3) is 3.21. The van der Waals surface area contributed by atoms with Crippen LogP contribution >= 0.6 is 0 Å². The van der Waals surface area contributed by atoms with Crippen molar-refractivity contribution in [1.82, 2.24) is 0 Å². The van der Waals surface area contributed by atoms with Crippen molar-refractivity contribution in [3.8, 4) is 0 Å². The molecule has 0 saturated carbocycles. The van der Waals surface area contributed by atoms with Crippen LogP contribution in [0.25, 0.3) is 0 Å². The topological polar surface area (TPSA) is 171 Å². The molecule has 148 valence electrons. The quantitative estimate of drug-likeness (QED) is 0.313. The molecule has 0 amide bonds. The number of hydrogen-bond donors (Lipinski definition) is 6. The summed E-state index contributed by atoms with van der Waals surface area (Å²) in [4.78, 5) is 0. The van der Waals surface area contributed by atoms with E-state index in [9.17, 15) is 31.0 Å². The smallest absolute Gasteiger partial charge is 0.141 e. The predicted molar refractivity (Wildman–Crippen MR) is 97.3 cm³/mol. The van der Waals surface area contributed by atoms with Crippen LogP contribution in [0.2, 0.25) is 0 Å². The molecule has 0 aliphatic heterocycles. The molecule has 0 radical (unpaired) electrons. The minimum atomic E-state index is -1.33. The second-order valence-corrected chi connectivity index (χ2v) is 7.14. The second kappa shape index (κ2) is 7.49. The number of aliphatic hydroxyl groups is 2. The Morgan fingerprint density at radius 2 is 1.04 bits per heavy atom. The van der Waals surface area contributed by atoms with Gasteiger partial charge in [0.25, 0.3) is 0 Å². The van der Waals surface area contributed by atoms with Crippen molar-refractivity contribution in [2.24, 2.45) is 26.0 Å². The highest BCUT2D eigenvalue weighted by molar-refractivity contribution is 6.22. The Morgan fingerprint density at radius 1 is 0.704 bits per heavy atom. The van der Waals surface area contributed by atoms with Crippen molar-refractivity contribution in [3.05, 3.63) is 22.3 Å². The summed E-state index contributed by atoms with van der Waals surface area (Å²) in [5.74, 6) is 0. The molecule has 0 saturated heterocycles. The Bertz CT molecular complexity index is 753. The molecule has 2 aliphatic carbocycles. The molecule has 27 heavy (non-hydrogen) atoms. The van der Waals surface area contributed by atoms with E-state index in [0.717, 1.165) is 0 Å². The van der Waals surface area contributed by atoms with Crippen molar-refractivity contribution < 1.29 is 31.0 Å². The van der Waals surface area contributed by atoms with Crippen molar-refractivity contribution in [2.45, 2.75) is 52.7 Å². The Kier molecular flexibility index (Phi) is 5.71. The minimum absolute atomic E-state index is 0.0256. The van der Waals surface area contributed by atoms with Crippen LogP contribution in [-0.2, 0) is 0 Å². The fourth-order valence-electron chi connectivity index (χ4n) is 3.86. The van der Waals surface area contributed by atoms with Crippen LogP contribution < -0.4 is 0 Å². The lowest BCUT2D eigenvalue weighted by atomic mass is 9.65. The van der Waals surface area contributed by atoms with Gasteiger partial charge in [-0.1, -0.05) is 34.5 Å². The summed E-state index contributed by atoms with van der Waals surface area (Å²) in [6, 6.07) is 0. The van der Waals surface area contributed by atoms with Gasteiger partial charge in [0.2, 0.25) is 0 Å². The third-order valence-corrected chi connectivity index (χ3v) is 5.52. The Labute approximate surface area is 155 Å². The van der Waals surface area contributed by atoms with E-state index in [1.54, 1.807) is 13.8 Å². The fraction of sp³-hybridized carbons (Fsp3) is 0.529. The van der Waals surface area contributed by atoms with Gasteiger partial charge < -0.3 is 31.0 Å². The zero-order valence-corrected chi connectivity index (χ0v) is 15.5. The standard InChI is InChI=1S/C17H24N4O6/c1-7-9(5-11(18-24)15(22)13(7)20-26)17(3,4)10-6-12(19-25)16(23)14(21-27)8(10)2/h15-16,22-27H,5-6H2,1-4H3. The Hall–Kier alpha value is -2.72.